The van der Waals surface area contributed by atoms with Crippen LogP contribution in [0.4, 0.5) is 0 Å². The van der Waals surface area contributed by atoms with E-state index in [-0.39, 0.29) is 73.4 Å². The molecule has 6 heteroatoms. The predicted octanol–water partition coefficient (Wildman–Crippen LogP) is 6.91. The van der Waals surface area contributed by atoms with Crippen molar-refractivity contribution < 1.29 is 19.1 Å². The van der Waals surface area contributed by atoms with Crippen LogP contribution in [0.25, 0.3) is 0 Å². The van der Waals surface area contributed by atoms with Crippen LogP contribution in [0.2, 0.25) is 20.3 Å². The average molecular weight is 677 g/mol. The number of carbonyl (C=O) groups is 2. The average Bonchev–Trinajstić information content (AvgIpc) is 3.63. The first-order valence-electron chi connectivity index (χ1n) is 15.6. The Kier molecular flexibility index (Phi) is 6.55. The van der Waals surface area contributed by atoms with Crippen LogP contribution >= 0.6 is 0 Å². The van der Waals surface area contributed by atoms with Crippen molar-refractivity contribution in [3.8, 4) is 0 Å². The fourth-order valence-corrected chi connectivity index (χ4v) is 17.2. The molecule has 6 aliphatic rings. The van der Waals surface area contributed by atoms with Crippen molar-refractivity contribution >= 4 is 41.5 Å². The molecule has 6 fully saturated rings. The molecule has 2 aliphatic heterocycles. The van der Waals surface area contributed by atoms with Gasteiger partial charge in [-0.3, -0.25) is 0 Å². The summed E-state index contributed by atoms with van der Waals surface area (Å²) >= 11 is 0.512. The molecule has 0 unspecified atom stereocenters. The van der Waals surface area contributed by atoms with Gasteiger partial charge in [-0.15, -0.1) is 0 Å². The van der Waals surface area contributed by atoms with Gasteiger partial charge in [-0.2, -0.15) is 0 Å². The molecule has 4 bridgehead atoms. The van der Waals surface area contributed by atoms with E-state index in [9.17, 15) is 9.59 Å². The van der Waals surface area contributed by atoms with E-state index in [1.807, 2.05) is 0 Å². The number of hydrogen-bond acceptors (Lipinski definition) is 4. The van der Waals surface area contributed by atoms with Crippen LogP contribution in [0.15, 0.2) is 30.3 Å². The van der Waals surface area contributed by atoms with Gasteiger partial charge < -0.3 is 0 Å². The number of hydrogen-bond donors (Lipinski definition) is 0. The Labute approximate surface area is 253 Å². The van der Waals surface area contributed by atoms with E-state index in [2.05, 4.69) is 71.9 Å². The standard InChI is InChI=1S/C34H46O4Se2/c1-30(2)24-12-14-32(30,5)28(35)26(24)39-18-22-16-21-17-23(38-34(21,37-22)20-10-8-7-9-11-20)19-40-27-25-13-15-33(6,29(27)36)31(25,3)4/h7-11,21-27H,12-19H2,1-6H3/t21?,22-,23-,24+,25+,26-,27-,32-,33-,34?/m0/s1. The van der Waals surface area contributed by atoms with Crippen LogP contribution in [0, 0.1) is 39.4 Å². The third-order valence-corrected chi connectivity index (χ3v) is 19.5. The van der Waals surface area contributed by atoms with E-state index < -0.39 is 5.79 Å². The third kappa shape index (κ3) is 3.62. The van der Waals surface area contributed by atoms with Crippen LogP contribution in [0.3, 0.4) is 0 Å². The molecule has 2 saturated heterocycles. The molecule has 7 rings (SSSR count). The summed E-state index contributed by atoms with van der Waals surface area (Å²) in [6, 6.07) is 10.6. The Balaban J connectivity index is 1.03. The Bertz CT molecular complexity index is 1140. The molecule has 2 heterocycles. The summed E-state index contributed by atoms with van der Waals surface area (Å²) in [6.45, 7) is 13.8. The first-order valence-corrected chi connectivity index (χ1v) is 20.0. The van der Waals surface area contributed by atoms with Gasteiger partial charge >= 0.3 is 254 Å². The third-order valence-electron chi connectivity index (χ3n) is 13.4. The predicted molar refractivity (Wildman–Crippen MR) is 158 cm³/mol. The van der Waals surface area contributed by atoms with Crippen molar-refractivity contribution in [2.24, 2.45) is 39.4 Å². The number of ketones is 2. The topological polar surface area (TPSA) is 52.6 Å². The molecule has 1 aromatic rings. The first kappa shape index (κ1) is 28.3. The Morgan fingerprint density at radius 3 is 1.57 bits per heavy atom. The number of benzene rings is 1. The molecule has 4 aliphatic carbocycles. The van der Waals surface area contributed by atoms with E-state index in [1.165, 1.54) is 12.8 Å². The molecule has 0 radical (unpaired) electrons. The van der Waals surface area contributed by atoms with E-state index in [0.717, 1.165) is 41.9 Å². The van der Waals surface area contributed by atoms with E-state index >= 15 is 0 Å². The van der Waals surface area contributed by atoms with Gasteiger partial charge in [0.05, 0.1) is 0 Å². The molecule has 0 spiro atoms. The molecule has 218 valence electrons. The zero-order valence-electron chi connectivity index (χ0n) is 25.0. The zero-order valence-corrected chi connectivity index (χ0v) is 28.5. The van der Waals surface area contributed by atoms with Crippen molar-refractivity contribution in [2.45, 2.75) is 118 Å². The van der Waals surface area contributed by atoms with Crippen molar-refractivity contribution in [1.29, 1.82) is 0 Å². The molecule has 4 saturated carbocycles. The summed E-state index contributed by atoms with van der Waals surface area (Å²) in [6.07, 6.45) is 6.89. The second kappa shape index (κ2) is 9.26. The molecule has 1 aromatic carbocycles. The van der Waals surface area contributed by atoms with Gasteiger partial charge in [0.15, 0.2) is 0 Å². The zero-order chi connectivity index (χ0) is 28.3. The van der Waals surface area contributed by atoms with Crippen molar-refractivity contribution in [3.05, 3.63) is 35.9 Å². The van der Waals surface area contributed by atoms with Gasteiger partial charge in [0.25, 0.3) is 0 Å². The summed E-state index contributed by atoms with van der Waals surface area (Å²) < 4.78 is 13.9. The normalized spacial score (nSPS) is 47.9. The molecular formula is C34H46O4Se2. The number of Topliss-reactive ketones (excluding diaryl/α,β-unsaturated/α-hetero) is 2. The van der Waals surface area contributed by atoms with E-state index in [4.69, 9.17) is 9.47 Å². The Hall–Kier alpha value is -0.481. The maximum absolute atomic E-state index is 13.5. The van der Waals surface area contributed by atoms with E-state index in [1.54, 1.807) is 0 Å². The summed E-state index contributed by atoms with van der Waals surface area (Å²) in [4.78, 5) is 27.4. The quantitative estimate of drug-likeness (QED) is 0.295. The van der Waals surface area contributed by atoms with Gasteiger partial charge in [-0.05, 0) is 0 Å². The molecule has 8 atom stereocenters. The van der Waals surface area contributed by atoms with Crippen LogP contribution < -0.4 is 0 Å². The molecule has 40 heavy (non-hydrogen) atoms. The molecular weight excluding hydrogens is 630 g/mol. The first-order chi connectivity index (χ1) is 18.8. The number of ether oxygens (including phenoxy) is 2. The van der Waals surface area contributed by atoms with Crippen LogP contribution in [-0.2, 0) is 24.8 Å². The van der Waals surface area contributed by atoms with Gasteiger partial charge in [0.2, 0.25) is 0 Å². The maximum atomic E-state index is 13.5. The number of fused-ring (bicyclic) bond motifs is 5. The minimum atomic E-state index is -0.670. The number of rotatable bonds is 7. The second-order valence-electron chi connectivity index (χ2n) is 15.3. The SMILES string of the molecule is CC1(C)[C@@H]2CC[C@@]1(C)C(=O)[C@H]2[Se]C[C@@H]1CC2C[C@@H](C[Se][C@@H]3C(=O)[C@]4(C)CC[C@H]3C4(C)C)OC2(c2ccccc2)O1. The minimum absolute atomic E-state index is 0.125. The van der Waals surface area contributed by atoms with Gasteiger partial charge in [0, 0.05) is 0 Å². The summed E-state index contributed by atoms with van der Waals surface area (Å²) in [5.41, 5.74) is 1.12. The fraction of sp³-hybridized carbons (Fsp3) is 0.765. The van der Waals surface area contributed by atoms with Crippen molar-refractivity contribution in [3.63, 3.8) is 0 Å². The van der Waals surface area contributed by atoms with Crippen molar-refractivity contribution in [1.82, 2.24) is 0 Å². The molecule has 0 amide bonds. The molecule has 0 N–H and O–H groups in total. The Morgan fingerprint density at radius 2 is 1.18 bits per heavy atom. The molecule has 0 aromatic heterocycles. The van der Waals surface area contributed by atoms with Crippen LogP contribution in [-0.4, -0.2) is 53.7 Å². The molecule has 4 nitrogen and oxygen atoms in total. The van der Waals surface area contributed by atoms with Gasteiger partial charge in [0.1, 0.15) is 0 Å². The van der Waals surface area contributed by atoms with Gasteiger partial charge in [-0.1, -0.05) is 0 Å². The summed E-state index contributed by atoms with van der Waals surface area (Å²) in [5, 5.41) is 2.00. The van der Waals surface area contributed by atoms with Gasteiger partial charge in [-0.25, -0.2) is 0 Å². The Morgan fingerprint density at radius 1 is 0.725 bits per heavy atom. The summed E-state index contributed by atoms with van der Waals surface area (Å²) in [7, 11) is 0. The second-order valence-corrected chi connectivity index (χ2v) is 20.2. The monoisotopic (exact) mass is 678 g/mol. The fourth-order valence-electron chi connectivity index (χ4n) is 9.91. The van der Waals surface area contributed by atoms with Crippen LogP contribution in [0.5, 0.6) is 0 Å². The van der Waals surface area contributed by atoms with E-state index in [0.29, 0.717) is 29.3 Å². The van der Waals surface area contributed by atoms with Crippen molar-refractivity contribution in [2.75, 3.05) is 0 Å². The number of carbonyl (C=O) groups excluding carboxylic acids is 2. The summed E-state index contributed by atoms with van der Waals surface area (Å²) in [5.74, 6) is 1.82. The van der Waals surface area contributed by atoms with Crippen LogP contribution in [0.1, 0.15) is 85.6 Å².